The van der Waals surface area contributed by atoms with Crippen LogP contribution < -0.4 is 0 Å². The van der Waals surface area contributed by atoms with Gasteiger partial charge in [0.1, 0.15) is 0 Å². The van der Waals surface area contributed by atoms with E-state index in [1.54, 1.807) is 4.68 Å². The highest BCUT2D eigenvalue weighted by atomic mass is 79.9. The van der Waals surface area contributed by atoms with Gasteiger partial charge in [0.25, 0.3) is 0 Å². The predicted molar refractivity (Wildman–Crippen MR) is 68.8 cm³/mol. The van der Waals surface area contributed by atoms with Crippen molar-refractivity contribution >= 4 is 22.2 Å². The molecule has 1 aromatic carbocycles. The molecule has 0 saturated heterocycles. The lowest BCUT2D eigenvalue weighted by atomic mass is 10.1. The van der Waals surface area contributed by atoms with Crippen molar-refractivity contribution in [2.45, 2.75) is 19.9 Å². The van der Waals surface area contributed by atoms with Gasteiger partial charge in [-0.2, -0.15) is 0 Å². The van der Waals surface area contributed by atoms with Gasteiger partial charge in [-0.1, -0.05) is 40.2 Å². The fourth-order valence-electron chi connectivity index (χ4n) is 1.71. The van der Waals surface area contributed by atoms with Crippen molar-refractivity contribution < 1.29 is 4.79 Å². The highest BCUT2D eigenvalue weighted by molar-refractivity contribution is 9.10. The van der Waals surface area contributed by atoms with E-state index >= 15 is 0 Å². The van der Waals surface area contributed by atoms with E-state index < -0.39 is 0 Å². The SMILES string of the molecule is CCCn1nnc(C=O)c1-c1cccc(Br)c1. The summed E-state index contributed by atoms with van der Waals surface area (Å²) < 4.78 is 2.74. The molecule has 1 aromatic heterocycles. The average Bonchev–Trinajstić information content (AvgIpc) is 2.72. The molecule has 0 aliphatic rings. The van der Waals surface area contributed by atoms with Crippen LogP contribution in [0.25, 0.3) is 11.3 Å². The lowest BCUT2D eigenvalue weighted by Gasteiger charge is -2.05. The zero-order valence-electron chi connectivity index (χ0n) is 9.43. The van der Waals surface area contributed by atoms with Crippen molar-refractivity contribution in [3.05, 3.63) is 34.4 Å². The fourth-order valence-corrected chi connectivity index (χ4v) is 2.11. The molecular weight excluding hydrogens is 282 g/mol. The zero-order chi connectivity index (χ0) is 12.3. The summed E-state index contributed by atoms with van der Waals surface area (Å²) in [6.45, 7) is 2.82. The topological polar surface area (TPSA) is 47.8 Å². The number of carbonyl (C=O) groups excluding carboxylic acids is 1. The monoisotopic (exact) mass is 293 g/mol. The predicted octanol–water partition coefficient (Wildman–Crippen LogP) is 2.93. The van der Waals surface area contributed by atoms with Crippen LogP contribution in [0.3, 0.4) is 0 Å². The van der Waals surface area contributed by atoms with Crippen molar-refractivity contribution in [1.82, 2.24) is 15.0 Å². The van der Waals surface area contributed by atoms with Crippen LogP contribution in [0.1, 0.15) is 23.8 Å². The highest BCUT2D eigenvalue weighted by Gasteiger charge is 2.13. The van der Waals surface area contributed by atoms with Crippen molar-refractivity contribution in [2.75, 3.05) is 0 Å². The quantitative estimate of drug-likeness (QED) is 0.815. The third-order valence-electron chi connectivity index (χ3n) is 2.41. The molecule has 0 N–H and O–H groups in total. The fraction of sp³-hybridized carbons (Fsp3) is 0.250. The summed E-state index contributed by atoms with van der Waals surface area (Å²) in [5.41, 5.74) is 2.11. The van der Waals surface area contributed by atoms with Gasteiger partial charge in [0.2, 0.25) is 0 Å². The van der Waals surface area contributed by atoms with Crippen molar-refractivity contribution in [1.29, 1.82) is 0 Å². The number of benzene rings is 1. The van der Waals surface area contributed by atoms with E-state index in [1.165, 1.54) is 0 Å². The Labute approximate surface area is 108 Å². The van der Waals surface area contributed by atoms with E-state index in [1.807, 2.05) is 24.3 Å². The highest BCUT2D eigenvalue weighted by Crippen LogP contribution is 2.24. The minimum atomic E-state index is 0.386. The number of hydrogen-bond donors (Lipinski definition) is 0. The molecule has 0 unspecified atom stereocenters. The van der Waals surface area contributed by atoms with Gasteiger partial charge in [-0.25, -0.2) is 4.68 Å². The van der Waals surface area contributed by atoms with Gasteiger partial charge in [0.05, 0.1) is 5.69 Å². The summed E-state index contributed by atoms with van der Waals surface area (Å²) in [5.74, 6) is 0. The van der Waals surface area contributed by atoms with E-state index in [4.69, 9.17) is 0 Å². The second-order valence-electron chi connectivity index (χ2n) is 3.67. The Hall–Kier alpha value is -1.49. The zero-order valence-corrected chi connectivity index (χ0v) is 11.0. The Balaban J connectivity index is 2.55. The maximum atomic E-state index is 11.0. The number of aryl methyl sites for hydroxylation is 1. The Morgan fingerprint density at radius 3 is 2.94 bits per heavy atom. The molecular formula is C12H12BrN3O. The average molecular weight is 294 g/mol. The minimum absolute atomic E-state index is 0.386. The Kier molecular flexibility index (Phi) is 3.68. The lowest BCUT2D eigenvalue weighted by Crippen LogP contribution is -2.02. The van der Waals surface area contributed by atoms with Gasteiger partial charge in [0.15, 0.2) is 12.0 Å². The molecule has 0 spiro atoms. The van der Waals surface area contributed by atoms with E-state index in [0.717, 1.165) is 35.0 Å². The van der Waals surface area contributed by atoms with E-state index in [-0.39, 0.29) is 0 Å². The lowest BCUT2D eigenvalue weighted by molar-refractivity contribution is 0.111. The molecule has 0 aliphatic heterocycles. The van der Waals surface area contributed by atoms with E-state index in [9.17, 15) is 4.79 Å². The van der Waals surface area contributed by atoms with Gasteiger partial charge < -0.3 is 0 Å². The maximum absolute atomic E-state index is 11.0. The van der Waals surface area contributed by atoms with E-state index in [0.29, 0.717) is 5.69 Å². The number of halogens is 1. The number of aldehydes is 1. The van der Waals surface area contributed by atoms with Gasteiger partial charge in [-0.05, 0) is 18.6 Å². The summed E-state index contributed by atoms with van der Waals surface area (Å²) in [6.07, 6.45) is 1.69. The van der Waals surface area contributed by atoms with Crippen LogP contribution in [0.2, 0.25) is 0 Å². The molecule has 0 aliphatic carbocycles. The van der Waals surface area contributed by atoms with Crippen molar-refractivity contribution in [2.24, 2.45) is 0 Å². The first kappa shape index (κ1) is 12.0. The molecule has 17 heavy (non-hydrogen) atoms. The first-order valence-corrected chi connectivity index (χ1v) is 6.20. The number of rotatable bonds is 4. The molecule has 88 valence electrons. The van der Waals surface area contributed by atoms with Crippen LogP contribution in [0, 0.1) is 0 Å². The summed E-state index contributed by atoms with van der Waals surface area (Å²) in [7, 11) is 0. The van der Waals surface area contributed by atoms with Gasteiger partial charge >= 0.3 is 0 Å². The number of hydrogen-bond acceptors (Lipinski definition) is 3. The van der Waals surface area contributed by atoms with Crippen LogP contribution in [-0.4, -0.2) is 21.3 Å². The Bertz CT molecular complexity index is 536. The van der Waals surface area contributed by atoms with Crippen LogP contribution in [0.5, 0.6) is 0 Å². The third kappa shape index (κ3) is 2.44. The molecule has 1 heterocycles. The second kappa shape index (κ2) is 5.23. The molecule has 0 atom stereocenters. The molecule has 0 fully saturated rings. The minimum Gasteiger partial charge on any atom is -0.296 e. The summed E-state index contributed by atoms with van der Waals surface area (Å²) in [5, 5.41) is 7.89. The molecule has 0 saturated carbocycles. The molecule has 2 rings (SSSR count). The van der Waals surface area contributed by atoms with Crippen molar-refractivity contribution in [3.63, 3.8) is 0 Å². The van der Waals surface area contributed by atoms with Crippen LogP contribution in [-0.2, 0) is 6.54 Å². The molecule has 5 heteroatoms. The maximum Gasteiger partial charge on any atom is 0.172 e. The molecule has 2 aromatic rings. The molecule has 0 radical (unpaired) electrons. The van der Waals surface area contributed by atoms with Crippen molar-refractivity contribution in [3.8, 4) is 11.3 Å². The van der Waals surface area contributed by atoms with Gasteiger partial charge in [-0.3, -0.25) is 4.79 Å². The molecule has 4 nitrogen and oxygen atoms in total. The standard InChI is InChI=1S/C12H12BrN3O/c1-2-6-16-12(11(8-17)14-15-16)9-4-3-5-10(13)7-9/h3-5,7-8H,2,6H2,1H3. The number of carbonyl (C=O) groups is 1. The number of nitrogens with zero attached hydrogens (tertiary/aromatic N) is 3. The first-order valence-electron chi connectivity index (χ1n) is 5.41. The number of aromatic nitrogens is 3. The Morgan fingerprint density at radius 1 is 1.47 bits per heavy atom. The normalized spacial score (nSPS) is 10.5. The summed E-state index contributed by atoms with van der Waals surface area (Å²) >= 11 is 3.42. The van der Waals surface area contributed by atoms with Gasteiger partial charge in [0, 0.05) is 16.6 Å². The second-order valence-corrected chi connectivity index (χ2v) is 4.59. The smallest absolute Gasteiger partial charge is 0.172 e. The third-order valence-corrected chi connectivity index (χ3v) is 2.90. The molecule has 0 amide bonds. The Morgan fingerprint density at radius 2 is 2.29 bits per heavy atom. The molecule has 0 bridgehead atoms. The largest absolute Gasteiger partial charge is 0.296 e. The van der Waals surface area contributed by atoms with E-state index in [2.05, 4.69) is 33.2 Å². The first-order chi connectivity index (χ1) is 8.26. The van der Waals surface area contributed by atoms with Crippen LogP contribution in [0.15, 0.2) is 28.7 Å². The van der Waals surface area contributed by atoms with Gasteiger partial charge in [-0.15, -0.1) is 5.10 Å². The van der Waals surface area contributed by atoms with Crippen LogP contribution in [0.4, 0.5) is 0 Å². The van der Waals surface area contributed by atoms with Crippen LogP contribution >= 0.6 is 15.9 Å². The summed E-state index contributed by atoms with van der Waals surface area (Å²) in [6, 6.07) is 7.77. The summed E-state index contributed by atoms with van der Waals surface area (Å²) in [4.78, 5) is 11.0.